The van der Waals surface area contributed by atoms with Crippen molar-refractivity contribution in [2.24, 2.45) is 23.2 Å². The van der Waals surface area contributed by atoms with Crippen molar-refractivity contribution in [3.05, 3.63) is 35.9 Å². The number of carbonyl (C=O) groups excluding carboxylic acids is 1. The summed E-state index contributed by atoms with van der Waals surface area (Å²) in [5.74, 6) is 1.58. The zero-order valence-electron chi connectivity index (χ0n) is 15.1. The van der Waals surface area contributed by atoms with Gasteiger partial charge in [0.1, 0.15) is 5.78 Å². The van der Waals surface area contributed by atoms with Crippen LogP contribution >= 0.6 is 0 Å². The van der Waals surface area contributed by atoms with Crippen LogP contribution in [0.25, 0.3) is 0 Å². The minimum Gasteiger partial charge on any atom is -0.388 e. The van der Waals surface area contributed by atoms with Gasteiger partial charge in [0.05, 0.1) is 6.10 Å². The van der Waals surface area contributed by atoms with Crippen molar-refractivity contribution in [3.8, 4) is 0 Å². The van der Waals surface area contributed by atoms with E-state index in [9.17, 15) is 9.90 Å². The summed E-state index contributed by atoms with van der Waals surface area (Å²) >= 11 is 0. The lowest BCUT2D eigenvalue weighted by Crippen LogP contribution is -2.37. The van der Waals surface area contributed by atoms with Crippen LogP contribution < -0.4 is 0 Å². The summed E-state index contributed by atoms with van der Waals surface area (Å²) in [6.45, 7) is 9.04. The van der Waals surface area contributed by atoms with Gasteiger partial charge in [0, 0.05) is 12.3 Å². The molecule has 2 rings (SSSR count). The van der Waals surface area contributed by atoms with Crippen LogP contribution in [0.2, 0.25) is 0 Å². The molecule has 0 aliphatic heterocycles. The van der Waals surface area contributed by atoms with Gasteiger partial charge in [0.2, 0.25) is 0 Å². The highest BCUT2D eigenvalue weighted by Crippen LogP contribution is 2.45. The lowest BCUT2D eigenvalue weighted by molar-refractivity contribution is -0.128. The number of hydrogen-bond donors (Lipinski definition) is 1. The van der Waals surface area contributed by atoms with Crippen LogP contribution in [0.3, 0.4) is 0 Å². The Bertz CT molecular complexity index is 504. The van der Waals surface area contributed by atoms with Gasteiger partial charge in [-0.25, -0.2) is 0 Å². The predicted molar refractivity (Wildman–Crippen MR) is 95.1 cm³/mol. The normalized spacial score (nSPS) is 25.3. The second-order valence-electron chi connectivity index (χ2n) is 8.35. The highest BCUT2D eigenvalue weighted by atomic mass is 16.3. The fraction of sp³-hybridized carbons (Fsp3) is 0.667. The number of rotatable bonds is 6. The average molecular weight is 316 g/mol. The molecule has 128 valence electrons. The maximum Gasteiger partial charge on any atom is 0.136 e. The van der Waals surface area contributed by atoms with E-state index in [1.54, 1.807) is 0 Å². The highest BCUT2D eigenvalue weighted by Gasteiger charge is 2.39. The van der Waals surface area contributed by atoms with Crippen molar-refractivity contribution in [1.82, 2.24) is 0 Å². The third-order valence-electron chi connectivity index (χ3n) is 5.56. The first-order valence-corrected chi connectivity index (χ1v) is 9.06. The number of benzene rings is 1. The Morgan fingerprint density at radius 3 is 2.52 bits per heavy atom. The smallest absolute Gasteiger partial charge is 0.136 e. The van der Waals surface area contributed by atoms with Crippen LogP contribution in [0, 0.1) is 23.2 Å². The number of aliphatic hydroxyl groups is 1. The summed E-state index contributed by atoms with van der Waals surface area (Å²) in [6.07, 6.45) is 3.85. The number of aliphatic hydroxyl groups excluding tert-OH is 1. The van der Waals surface area contributed by atoms with Gasteiger partial charge in [-0.05, 0) is 48.5 Å². The number of hydrogen-bond acceptors (Lipinski definition) is 2. The van der Waals surface area contributed by atoms with Crippen molar-refractivity contribution in [3.63, 3.8) is 0 Å². The molecule has 1 N–H and O–H groups in total. The molecule has 0 radical (unpaired) electrons. The summed E-state index contributed by atoms with van der Waals surface area (Å²) < 4.78 is 0. The second kappa shape index (κ2) is 7.61. The van der Waals surface area contributed by atoms with E-state index in [4.69, 9.17) is 0 Å². The van der Waals surface area contributed by atoms with Crippen LogP contribution in [-0.2, 0) is 4.79 Å². The second-order valence-corrected chi connectivity index (χ2v) is 8.35. The zero-order valence-corrected chi connectivity index (χ0v) is 15.1. The van der Waals surface area contributed by atoms with Gasteiger partial charge in [-0.1, -0.05) is 58.0 Å². The first-order valence-electron chi connectivity index (χ1n) is 9.06. The maximum absolute atomic E-state index is 12.8. The van der Waals surface area contributed by atoms with E-state index in [1.807, 2.05) is 30.3 Å². The molecule has 1 fully saturated rings. The van der Waals surface area contributed by atoms with Gasteiger partial charge in [0.15, 0.2) is 0 Å². The lowest BCUT2D eigenvalue weighted by atomic mass is 9.62. The predicted octanol–water partition coefficient (Wildman–Crippen LogP) is 5.17. The molecule has 0 bridgehead atoms. The van der Waals surface area contributed by atoms with Gasteiger partial charge in [-0.15, -0.1) is 0 Å². The Kier molecular flexibility index (Phi) is 6.02. The largest absolute Gasteiger partial charge is 0.388 e. The minimum atomic E-state index is -0.533. The zero-order chi connectivity index (χ0) is 17.0. The van der Waals surface area contributed by atoms with Gasteiger partial charge in [-0.3, -0.25) is 4.79 Å². The van der Waals surface area contributed by atoms with Crippen molar-refractivity contribution >= 4 is 5.78 Å². The molecular formula is C21H32O2. The van der Waals surface area contributed by atoms with Gasteiger partial charge in [-0.2, -0.15) is 0 Å². The third kappa shape index (κ3) is 4.91. The Balaban J connectivity index is 1.97. The lowest BCUT2D eigenvalue weighted by Gasteiger charge is -2.42. The number of carbonyl (C=O) groups is 1. The van der Waals surface area contributed by atoms with Crippen LogP contribution in [0.1, 0.15) is 71.5 Å². The summed E-state index contributed by atoms with van der Waals surface area (Å²) in [6, 6.07) is 9.65. The Morgan fingerprint density at radius 2 is 1.91 bits per heavy atom. The molecule has 2 unspecified atom stereocenters. The van der Waals surface area contributed by atoms with Crippen molar-refractivity contribution in [2.45, 2.75) is 65.9 Å². The summed E-state index contributed by atoms with van der Waals surface area (Å²) in [7, 11) is 0. The van der Waals surface area contributed by atoms with Crippen LogP contribution in [0.4, 0.5) is 0 Å². The van der Waals surface area contributed by atoms with Crippen molar-refractivity contribution in [2.75, 3.05) is 0 Å². The summed E-state index contributed by atoms with van der Waals surface area (Å²) in [5.41, 5.74) is 1.17. The molecule has 2 heteroatoms. The molecule has 23 heavy (non-hydrogen) atoms. The van der Waals surface area contributed by atoms with Crippen LogP contribution in [0.5, 0.6) is 0 Å². The fourth-order valence-corrected chi connectivity index (χ4v) is 4.06. The molecule has 0 amide bonds. The third-order valence-corrected chi connectivity index (χ3v) is 5.56. The van der Waals surface area contributed by atoms with Crippen LogP contribution in [0.15, 0.2) is 30.3 Å². The standard InChI is InChI=1S/C21H32O2/c1-15(2)17-12-13-21(3,4)14-18(17)20(23)11-10-19(22)16-8-6-5-7-9-16/h5-9,15,17-19,22H,10-14H2,1-4H3/t17?,18?,19-/m1/s1. The first-order chi connectivity index (χ1) is 10.8. The molecule has 1 aliphatic rings. The molecule has 1 aromatic rings. The van der Waals surface area contributed by atoms with E-state index < -0.39 is 6.10 Å². The monoisotopic (exact) mass is 316 g/mol. The molecule has 2 nitrogen and oxygen atoms in total. The Labute approximate surface area is 141 Å². The Morgan fingerprint density at radius 1 is 1.26 bits per heavy atom. The number of ketones is 1. The molecule has 0 heterocycles. The fourth-order valence-electron chi connectivity index (χ4n) is 4.06. The quantitative estimate of drug-likeness (QED) is 0.786. The Hall–Kier alpha value is -1.15. The molecule has 1 aromatic carbocycles. The van der Waals surface area contributed by atoms with Gasteiger partial charge in [0.25, 0.3) is 0 Å². The SMILES string of the molecule is CC(C)C1CCC(C)(C)CC1C(=O)CC[C@@H](O)c1ccccc1. The van der Waals surface area contributed by atoms with E-state index in [1.165, 1.54) is 6.42 Å². The van der Waals surface area contributed by atoms with Crippen molar-refractivity contribution < 1.29 is 9.90 Å². The van der Waals surface area contributed by atoms with E-state index in [0.29, 0.717) is 30.5 Å². The topological polar surface area (TPSA) is 37.3 Å². The van der Waals surface area contributed by atoms with E-state index in [-0.39, 0.29) is 11.3 Å². The minimum absolute atomic E-state index is 0.168. The summed E-state index contributed by atoms with van der Waals surface area (Å²) in [5, 5.41) is 10.3. The van der Waals surface area contributed by atoms with E-state index in [0.717, 1.165) is 18.4 Å². The molecule has 0 aromatic heterocycles. The molecule has 1 saturated carbocycles. The van der Waals surface area contributed by atoms with Gasteiger partial charge >= 0.3 is 0 Å². The maximum atomic E-state index is 12.8. The average Bonchev–Trinajstić information content (AvgIpc) is 2.51. The van der Waals surface area contributed by atoms with E-state index in [2.05, 4.69) is 27.7 Å². The van der Waals surface area contributed by atoms with E-state index >= 15 is 0 Å². The molecular weight excluding hydrogens is 284 g/mol. The first kappa shape index (κ1) is 18.2. The summed E-state index contributed by atoms with van der Waals surface area (Å²) in [4.78, 5) is 12.8. The number of Topliss-reactive ketones (excluding diaryl/α,β-unsaturated/α-hetero) is 1. The molecule has 0 saturated heterocycles. The van der Waals surface area contributed by atoms with Gasteiger partial charge < -0.3 is 5.11 Å². The molecule has 1 aliphatic carbocycles. The highest BCUT2D eigenvalue weighted by molar-refractivity contribution is 5.81. The molecule has 0 spiro atoms. The van der Waals surface area contributed by atoms with Crippen molar-refractivity contribution in [1.29, 1.82) is 0 Å². The molecule has 3 atom stereocenters. The van der Waals surface area contributed by atoms with Crippen LogP contribution in [-0.4, -0.2) is 10.9 Å².